The Bertz CT molecular complexity index is 851. The van der Waals surface area contributed by atoms with Crippen LogP contribution in [0.1, 0.15) is 11.7 Å². The summed E-state index contributed by atoms with van der Waals surface area (Å²) in [7, 11) is 0. The summed E-state index contributed by atoms with van der Waals surface area (Å²) in [5.41, 5.74) is 1.86. The minimum absolute atomic E-state index is 0.0672. The molecule has 0 bridgehead atoms. The van der Waals surface area contributed by atoms with Crippen LogP contribution in [-0.2, 0) is 4.74 Å². The monoisotopic (exact) mass is 348 g/mol. The van der Waals surface area contributed by atoms with Crippen molar-refractivity contribution in [3.05, 3.63) is 52.4 Å². The molecule has 1 N–H and O–H groups in total. The van der Waals surface area contributed by atoms with E-state index in [0.717, 1.165) is 29.0 Å². The van der Waals surface area contributed by atoms with Crippen molar-refractivity contribution < 1.29 is 4.74 Å². The molecule has 5 nitrogen and oxygen atoms in total. The second kappa shape index (κ2) is 6.00. The van der Waals surface area contributed by atoms with Gasteiger partial charge >= 0.3 is 0 Å². The lowest BCUT2D eigenvalue weighted by molar-refractivity contribution is 0.0396. The van der Waals surface area contributed by atoms with Crippen LogP contribution in [0.3, 0.4) is 0 Å². The number of rotatable bonds is 2. The number of nitrogens with zero attached hydrogens (tertiary/aromatic N) is 3. The van der Waals surface area contributed by atoms with Crippen LogP contribution in [-0.4, -0.2) is 34.6 Å². The van der Waals surface area contributed by atoms with Gasteiger partial charge in [0.1, 0.15) is 23.9 Å². The highest BCUT2D eigenvalue weighted by Gasteiger charge is 2.24. The van der Waals surface area contributed by atoms with Crippen LogP contribution in [0.2, 0.25) is 10.0 Å². The van der Waals surface area contributed by atoms with Gasteiger partial charge in [0.05, 0.1) is 22.0 Å². The number of halogens is 2. The molecule has 1 saturated heterocycles. The van der Waals surface area contributed by atoms with Gasteiger partial charge in [-0.25, -0.2) is 9.97 Å². The van der Waals surface area contributed by atoms with E-state index < -0.39 is 0 Å². The third-order valence-electron chi connectivity index (χ3n) is 4.01. The van der Waals surface area contributed by atoms with Crippen molar-refractivity contribution >= 4 is 40.1 Å². The Hall–Kier alpha value is -1.82. The number of ether oxygens (including phenoxy) is 1. The van der Waals surface area contributed by atoms with Gasteiger partial charge < -0.3 is 14.6 Å². The summed E-state index contributed by atoms with van der Waals surface area (Å²) in [5.74, 6) is 0.921. The number of hydrogen-bond donors (Lipinski definition) is 1. The van der Waals surface area contributed by atoms with Crippen LogP contribution in [0.25, 0.3) is 11.0 Å². The van der Waals surface area contributed by atoms with Gasteiger partial charge in [-0.3, -0.25) is 0 Å². The molecule has 7 heteroatoms. The second-order valence-electron chi connectivity index (χ2n) is 5.42. The molecule has 0 saturated carbocycles. The summed E-state index contributed by atoms with van der Waals surface area (Å²) in [5, 5.41) is 2.11. The number of nitrogens with one attached hydrogen (secondary N) is 1. The molecule has 0 aliphatic carbocycles. The van der Waals surface area contributed by atoms with Gasteiger partial charge in [0, 0.05) is 19.3 Å². The highest BCUT2D eigenvalue weighted by atomic mass is 35.5. The molecule has 3 aromatic rings. The first-order chi connectivity index (χ1) is 11.2. The van der Waals surface area contributed by atoms with Crippen LogP contribution >= 0.6 is 23.2 Å². The Kier molecular flexibility index (Phi) is 3.85. The van der Waals surface area contributed by atoms with Crippen LogP contribution in [0.5, 0.6) is 0 Å². The zero-order valence-corrected chi connectivity index (χ0v) is 13.7. The average Bonchev–Trinajstić information content (AvgIpc) is 3.06. The van der Waals surface area contributed by atoms with E-state index in [0.29, 0.717) is 23.2 Å². The third kappa shape index (κ3) is 2.76. The van der Waals surface area contributed by atoms with Crippen molar-refractivity contribution in [3.8, 4) is 0 Å². The summed E-state index contributed by atoms with van der Waals surface area (Å²) >= 11 is 12.1. The molecule has 3 heterocycles. The summed E-state index contributed by atoms with van der Waals surface area (Å²) < 4.78 is 5.91. The van der Waals surface area contributed by atoms with E-state index in [1.54, 1.807) is 12.4 Å². The van der Waals surface area contributed by atoms with E-state index in [2.05, 4.69) is 19.9 Å². The molecule has 2 aromatic heterocycles. The molecule has 4 rings (SSSR count). The van der Waals surface area contributed by atoms with Gasteiger partial charge in [-0.2, -0.15) is 0 Å². The van der Waals surface area contributed by atoms with E-state index >= 15 is 0 Å². The zero-order chi connectivity index (χ0) is 15.8. The molecule has 1 aromatic carbocycles. The normalized spacial score (nSPS) is 18.5. The van der Waals surface area contributed by atoms with Crippen molar-refractivity contribution in [3.63, 3.8) is 0 Å². The molecule has 118 valence electrons. The molecule has 1 atom stereocenters. The van der Waals surface area contributed by atoms with Gasteiger partial charge in [-0.1, -0.05) is 29.3 Å². The van der Waals surface area contributed by atoms with Gasteiger partial charge in [-0.05, 0) is 23.8 Å². The van der Waals surface area contributed by atoms with Gasteiger partial charge in [0.25, 0.3) is 0 Å². The average molecular weight is 349 g/mol. The van der Waals surface area contributed by atoms with Crippen LogP contribution in [0.15, 0.2) is 36.8 Å². The smallest absolute Gasteiger partial charge is 0.142 e. The molecule has 1 fully saturated rings. The van der Waals surface area contributed by atoms with Crippen LogP contribution < -0.4 is 4.90 Å². The van der Waals surface area contributed by atoms with E-state index in [4.69, 9.17) is 27.9 Å². The number of benzene rings is 1. The van der Waals surface area contributed by atoms with Crippen molar-refractivity contribution in [1.29, 1.82) is 0 Å². The van der Waals surface area contributed by atoms with E-state index in [-0.39, 0.29) is 6.10 Å². The molecule has 0 unspecified atom stereocenters. The number of aromatic amines is 1. The maximum absolute atomic E-state index is 6.12. The Morgan fingerprint density at radius 1 is 1.17 bits per heavy atom. The molecule has 1 aliphatic rings. The maximum Gasteiger partial charge on any atom is 0.142 e. The highest BCUT2D eigenvalue weighted by Crippen LogP contribution is 2.31. The third-order valence-corrected chi connectivity index (χ3v) is 4.75. The first kappa shape index (κ1) is 14.8. The molecule has 0 amide bonds. The highest BCUT2D eigenvalue weighted by molar-refractivity contribution is 6.42. The van der Waals surface area contributed by atoms with Crippen molar-refractivity contribution in [1.82, 2.24) is 15.0 Å². The number of morpholine rings is 1. The fraction of sp³-hybridized carbons (Fsp3) is 0.250. The van der Waals surface area contributed by atoms with E-state index in [9.17, 15) is 0 Å². The standard InChI is InChI=1S/C16H14Cl2N4O/c17-12-2-1-10(7-13(12)18)14-8-22(5-6-23-14)16-11-3-4-19-15(11)20-9-21-16/h1-4,7,9,14H,5-6,8H2,(H,19,20,21)/t14-/m0/s1. The lowest BCUT2D eigenvalue weighted by Gasteiger charge is -2.34. The lowest BCUT2D eigenvalue weighted by atomic mass is 10.1. The largest absolute Gasteiger partial charge is 0.370 e. The predicted molar refractivity (Wildman–Crippen MR) is 91.3 cm³/mol. The summed E-state index contributed by atoms with van der Waals surface area (Å²) in [6, 6.07) is 7.61. The van der Waals surface area contributed by atoms with Gasteiger partial charge in [-0.15, -0.1) is 0 Å². The lowest BCUT2D eigenvalue weighted by Crippen LogP contribution is -2.39. The van der Waals surface area contributed by atoms with Crippen molar-refractivity contribution in [2.45, 2.75) is 6.10 Å². The number of fused-ring (bicyclic) bond motifs is 1. The van der Waals surface area contributed by atoms with Gasteiger partial charge in [0.2, 0.25) is 0 Å². The quantitative estimate of drug-likeness (QED) is 0.764. The molecule has 1 aliphatic heterocycles. The Labute approximate surface area is 143 Å². The minimum Gasteiger partial charge on any atom is -0.370 e. The second-order valence-corrected chi connectivity index (χ2v) is 6.23. The van der Waals surface area contributed by atoms with Crippen LogP contribution in [0.4, 0.5) is 5.82 Å². The topological polar surface area (TPSA) is 54.0 Å². The van der Waals surface area contributed by atoms with Gasteiger partial charge in [0.15, 0.2) is 0 Å². The fourth-order valence-electron chi connectivity index (χ4n) is 2.87. The Balaban J connectivity index is 1.64. The molecular formula is C16H14Cl2N4O. The van der Waals surface area contributed by atoms with E-state index in [1.165, 1.54) is 0 Å². The number of anilines is 1. The number of aromatic nitrogens is 3. The predicted octanol–water partition coefficient (Wildman–Crippen LogP) is 3.84. The number of hydrogen-bond acceptors (Lipinski definition) is 4. The molecule has 0 radical (unpaired) electrons. The minimum atomic E-state index is -0.0672. The summed E-state index contributed by atoms with van der Waals surface area (Å²) in [4.78, 5) is 14.0. The first-order valence-corrected chi connectivity index (χ1v) is 8.07. The SMILES string of the molecule is Clc1ccc([C@@H]2CN(c3ncnc4[nH]ccc34)CCO2)cc1Cl. The van der Waals surface area contributed by atoms with Crippen molar-refractivity contribution in [2.75, 3.05) is 24.6 Å². The summed E-state index contributed by atoms with van der Waals surface area (Å²) in [6.07, 6.45) is 3.39. The maximum atomic E-state index is 6.12. The van der Waals surface area contributed by atoms with E-state index in [1.807, 2.05) is 24.4 Å². The molecule has 23 heavy (non-hydrogen) atoms. The van der Waals surface area contributed by atoms with Crippen molar-refractivity contribution in [2.24, 2.45) is 0 Å². The molecular weight excluding hydrogens is 335 g/mol. The summed E-state index contributed by atoms with van der Waals surface area (Å²) in [6.45, 7) is 2.12. The molecule has 0 spiro atoms. The Morgan fingerprint density at radius 3 is 2.96 bits per heavy atom. The Morgan fingerprint density at radius 2 is 2.09 bits per heavy atom. The zero-order valence-electron chi connectivity index (χ0n) is 12.2. The first-order valence-electron chi connectivity index (χ1n) is 7.32. The van der Waals surface area contributed by atoms with Crippen LogP contribution in [0, 0.1) is 0 Å². The fourth-order valence-corrected chi connectivity index (χ4v) is 3.17. The number of H-pyrrole nitrogens is 1.